The molecule has 2 aromatic rings. The molecule has 0 fully saturated rings. The number of nitrogens with one attached hydrogen (secondary N) is 1. The zero-order valence-corrected chi connectivity index (χ0v) is 10.5. The van der Waals surface area contributed by atoms with Crippen molar-refractivity contribution in [1.82, 2.24) is 4.98 Å². The molecule has 0 aliphatic rings. The van der Waals surface area contributed by atoms with Crippen molar-refractivity contribution in [3.63, 3.8) is 0 Å². The average Bonchev–Trinajstić information content (AvgIpc) is 2.46. The minimum Gasteiger partial charge on any atom is -0.321 e. The Morgan fingerprint density at radius 3 is 2.52 bits per heavy atom. The van der Waals surface area contributed by atoms with Crippen molar-refractivity contribution in [3.8, 4) is 0 Å². The van der Waals surface area contributed by atoms with E-state index in [9.17, 15) is 22.8 Å². The number of hydrogen-bond donors (Lipinski definition) is 1. The minimum absolute atomic E-state index is 0.153. The fourth-order valence-corrected chi connectivity index (χ4v) is 1.58. The molecule has 0 unspecified atom stereocenters. The molecular formula is C14H9F3N2O2. The van der Waals surface area contributed by atoms with Crippen LogP contribution in [0.2, 0.25) is 0 Å². The van der Waals surface area contributed by atoms with Crippen LogP contribution in [0.3, 0.4) is 0 Å². The first-order valence-corrected chi connectivity index (χ1v) is 5.80. The van der Waals surface area contributed by atoms with E-state index in [1.165, 1.54) is 6.07 Å². The van der Waals surface area contributed by atoms with Crippen molar-refractivity contribution < 1.29 is 22.8 Å². The molecular weight excluding hydrogens is 285 g/mol. The Labute approximate surface area is 117 Å². The van der Waals surface area contributed by atoms with E-state index in [2.05, 4.69) is 10.3 Å². The van der Waals surface area contributed by atoms with Gasteiger partial charge in [-0.15, -0.1) is 0 Å². The smallest absolute Gasteiger partial charge is 0.321 e. The number of amides is 1. The lowest BCUT2D eigenvalue weighted by atomic mass is 10.2. The number of pyridine rings is 1. The molecule has 108 valence electrons. The third kappa shape index (κ3) is 3.65. The van der Waals surface area contributed by atoms with Crippen LogP contribution in [0.1, 0.15) is 26.4 Å². The van der Waals surface area contributed by atoms with Gasteiger partial charge in [0.1, 0.15) is 12.0 Å². The highest BCUT2D eigenvalue weighted by Crippen LogP contribution is 2.28. The molecule has 1 amide bonds. The summed E-state index contributed by atoms with van der Waals surface area (Å²) < 4.78 is 37.1. The number of nitrogens with zero attached hydrogens (tertiary/aromatic N) is 1. The van der Waals surface area contributed by atoms with Gasteiger partial charge in [-0.1, -0.05) is 12.1 Å². The summed E-state index contributed by atoms with van der Waals surface area (Å²) in [6.45, 7) is 0. The van der Waals surface area contributed by atoms with Gasteiger partial charge >= 0.3 is 6.18 Å². The van der Waals surface area contributed by atoms with Gasteiger partial charge in [-0.2, -0.15) is 13.2 Å². The van der Waals surface area contributed by atoms with E-state index < -0.39 is 17.6 Å². The Kier molecular flexibility index (Phi) is 4.02. The monoisotopic (exact) mass is 294 g/mol. The van der Waals surface area contributed by atoms with E-state index >= 15 is 0 Å². The van der Waals surface area contributed by atoms with E-state index in [1.807, 2.05) is 0 Å². The predicted octanol–water partition coefficient (Wildman–Crippen LogP) is 3.17. The fourth-order valence-electron chi connectivity index (χ4n) is 1.58. The van der Waals surface area contributed by atoms with E-state index in [4.69, 9.17) is 0 Å². The molecule has 0 spiro atoms. The number of halogens is 3. The largest absolute Gasteiger partial charge is 0.417 e. The highest BCUT2D eigenvalue weighted by molar-refractivity contribution is 6.03. The summed E-state index contributed by atoms with van der Waals surface area (Å²) in [6, 6.07) is 7.88. The van der Waals surface area contributed by atoms with Gasteiger partial charge in [-0.3, -0.25) is 14.6 Å². The Balaban J connectivity index is 2.15. The summed E-state index contributed by atoms with van der Waals surface area (Å²) in [5.41, 5.74) is -0.360. The quantitative estimate of drug-likeness (QED) is 0.885. The lowest BCUT2D eigenvalue weighted by Crippen LogP contribution is -2.15. The first kappa shape index (κ1) is 14.7. The third-order valence-electron chi connectivity index (χ3n) is 2.60. The molecule has 0 saturated carbocycles. The van der Waals surface area contributed by atoms with Gasteiger partial charge in [0.15, 0.2) is 0 Å². The molecule has 0 aliphatic carbocycles. The van der Waals surface area contributed by atoms with Crippen LogP contribution in [0.4, 0.5) is 18.9 Å². The molecule has 0 saturated heterocycles. The number of alkyl halides is 3. The second-order valence-corrected chi connectivity index (χ2v) is 4.13. The summed E-state index contributed by atoms with van der Waals surface area (Å²) in [6.07, 6.45) is -3.29. The van der Waals surface area contributed by atoms with Gasteiger partial charge in [0.05, 0.1) is 5.56 Å². The maximum atomic E-state index is 12.4. The van der Waals surface area contributed by atoms with Crippen LogP contribution in [-0.4, -0.2) is 17.2 Å². The number of aldehydes is 1. The average molecular weight is 294 g/mol. The van der Waals surface area contributed by atoms with Crippen molar-refractivity contribution in [2.24, 2.45) is 0 Å². The van der Waals surface area contributed by atoms with E-state index in [-0.39, 0.29) is 5.69 Å². The summed E-state index contributed by atoms with van der Waals surface area (Å²) in [5, 5.41) is 2.45. The molecule has 1 aromatic carbocycles. The zero-order chi connectivity index (χ0) is 15.5. The number of anilines is 1. The van der Waals surface area contributed by atoms with Crippen molar-refractivity contribution in [1.29, 1.82) is 0 Å². The lowest BCUT2D eigenvalue weighted by Gasteiger charge is -2.08. The van der Waals surface area contributed by atoms with Crippen molar-refractivity contribution in [2.75, 3.05) is 5.32 Å². The Morgan fingerprint density at radius 2 is 1.95 bits per heavy atom. The van der Waals surface area contributed by atoms with E-state index in [0.717, 1.165) is 12.1 Å². The van der Waals surface area contributed by atoms with Crippen molar-refractivity contribution in [3.05, 3.63) is 59.4 Å². The third-order valence-corrected chi connectivity index (χ3v) is 2.60. The number of hydrogen-bond acceptors (Lipinski definition) is 3. The van der Waals surface area contributed by atoms with Crippen LogP contribution in [0, 0.1) is 0 Å². The lowest BCUT2D eigenvalue weighted by molar-refractivity contribution is -0.137. The van der Waals surface area contributed by atoms with Gasteiger partial charge in [-0.05, 0) is 24.3 Å². The SMILES string of the molecule is O=Cc1cccc(NC(=O)c2ccc(C(F)(F)F)cn2)c1. The summed E-state index contributed by atoms with van der Waals surface area (Å²) >= 11 is 0. The molecule has 7 heteroatoms. The van der Waals surface area contributed by atoms with Gasteiger partial charge in [0.2, 0.25) is 0 Å². The minimum atomic E-state index is -4.50. The second-order valence-electron chi connectivity index (χ2n) is 4.13. The molecule has 0 radical (unpaired) electrons. The summed E-state index contributed by atoms with van der Waals surface area (Å²) in [7, 11) is 0. The standard InChI is InChI=1S/C14H9F3N2O2/c15-14(16,17)10-4-5-12(18-7-10)13(21)19-11-3-1-2-9(6-11)8-20/h1-8H,(H,19,21). The number of benzene rings is 1. The highest BCUT2D eigenvalue weighted by atomic mass is 19.4. The van der Waals surface area contributed by atoms with Crippen LogP contribution >= 0.6 is 0 Å². The second kappa shape index (κ2) is 5.74. The van der Waals surface area contributed by atoms with Gasteiger partial charge in [-0.25, -0.2) is 0 Å². The summed E-state index contributed by atoms with van der Waals surface area (Å²) in [5.74, 6) is -0.660. The van der Waals surface area contributed by atoms with Crippen LogP contribution in [0.5, 0.6) is 0 Å². The molecule has 1 aromatic heterocycles. The van der Waals surface area contributed by atoms with Gasteiger partial charge in [0.25, 0.3) is 5.91 Å². The van der Waals surface area contributed by atoms with Gasteiger partial charge in [0, 0.05) is 17.4 Å². The first-order valence-electron chi connectivity index (χ1n) is 5.80. The Hall–Kier alpha value is -2.70. The van der Waals surface area contributed by atoms with Crippen molar-refractivity contribution >= 4 is 17.9 Å². The van der Waals surface area contributed by atoms with Crippen LogP contribution < -0.4 is 5.32 Å². The van der Waals surface area contributed by atoms with Gasteiger partial charge < -0.3 is 5.32 Å². The molecule has 0 aliphatic heterocycles. The predicted molar refractivity (Wildman–Crippen MR) is 69.0 cm³/mol. The summed E-state index contributed by atoms with van der Waals surface area (Å²) in [4.78, 5) is 25.9. The molecule has 0 atom stereocenters. The van der Waals surface area contributed by atoms with Crippen LogP contribution in [0.25, 0.3) is 0 Å². The van der Waals surface area contributed by atoms with Crippen molar-refractivity contribution in [2.45, 2.75) is 6.18 Å². The van der Waals surface area contributed by atoms with Crippen LogP contribution in [0.15, 0.2) is 42.6 Å². The molecule has 0 bridgehead atoms. The molecule has 21 heavy (non-hydrogen) atoms. The number of aromatic nitrogens is 1. The zero-order valence-electron chi connectivity index (χ0n) is 10.5. The number of rotatable bonds is 3. The Morgan fingerprint density at radius 1 is 1.19 bits per heavy atom. The fraction of sp³-hybridized carbons (Fsp3) is 0.0714. The topological polar surface area (TPSA) is 59.1 Å². The van der Waals surface area contributed by atoms with E-state index in [0.29, 0.717) is 23.7 Å². The molecule has 1 N–H and O–H groups in total. The highest BCUT2D eigenvalue weighted by Gasteiger charge is 2.30. The maximum absolute atomic E-state index is 12.4. The molecule has 4 nitrogen and oxygen atoms in total. The first-order chi connectivity index (χ1) is 9.90. The van der Waals surface area contributed by atoms with E-state index in [1.54, 1.807) is 18.2 Å². The number of carbonyl (C=O) groups excluding carboxylic acids is 2. The van der Waals surface area contributed by atoms with Crippen LogP contribution in [-0.2, 0) is 6.18 Å². The number of carbonyl (C=O) groups is 2. The Bertz CT molecular complexity index is 667. The maximum Gasteiger partial charge on any atom is 0.417 e. The molecule has 1 heterocycles. The molecule has 2 rings (SSSR count). The normalized spacial score (nSPS) is 11.0.